The Morgan fingerprint density at radius 3 is 2.55 bits per heavy atom. The smallest absolute Gasteiger partial charge is 0.268 e. The lowest BCUT2D eigenvalue weighted by Crippen LogP contribution is -2.11. The molecule has 0 saturated carbocycles. The van der Waals surface area contributed by atoms with Crippen molar-refractivity contribution in [1.29, 1.82) is 0 Å². The van der Waals surface area contributed by atoms with Gasteiger partial charge >= 0.3 is 0 Å². The Hall–Kier alpha value is -3.52. The van der Waals surface area contributed by atoms with Crippen LogP contribution in [0.1, 0.15) is 20.2 Å². The molecule has 2 heterocycles. The van der Waals surface area contributed by atoms with Crippen molar-refractivity contribution < 1.29 is 9.53 Å². The summed E-state index contributed by atoms with van der Waals surface area (Å²) in [6, 6.07) is 15.2. The van der Waals surface area contributed by atoms with Gasteiger partial charge in [0.2, 0.25) is 0 Å². The molecule has 0 aliphatic carbocycles. The maximum Gasteiger partial charge on any atom is 0.268 e. The van der Waals surface area contributed by atoms with Crippen LogP contribution in [-0.4, -0.2) is 32.8 Å². The first kappa shape index (κ1) is 18.8. The quantitative estimate of drug-likeness (QED) is 0.524. The summed E-state index contributed by atoms with van der Waals surface area (Å²) in [5, 5.41) is 7.90. The number of aromatic nitrogens is 4. The molecule has 146 valence electrons. The molecule has 0 bridgehead atoms. The van der Waals surface area contributed by atoms with Crippen molar-refractivity contribution in [2.24, 2.45) is 0 Å². The van der Waals surface area contributed by atoms with Crippen molar-refractivity contribution >= 4 is 22.9 Å². The van der Waals surface area contributed by atoms with E-state index in [1.807, 2.05) is 55.5 Å². The Bertz CT molecular complexity index is 1100. The molecule has 0 atom stereocenters. The number of ether oxygens (including phenoxy) is 1. The van der Waals surface area contributed by atoms with E-state index in [1.54, 1.807) is 18.1 Å². The molecule has 0 saturated heterocycles. The molecule has 8 heteroatoms. The van der Waals surface area contributed by atoms with Crippen LogP contribution in [0.5, 0.6) is 5.75 Å². The van der Waals surface area contributed by atoms with Gasteiger partial charge in [0, 0.05) is 11.3 Å². The molecule has 0 fully saturated rings. The predicted molar refractivity (Wildman–Crippen MR) is 112 cm³/mol. The van der Waals surface area contributed by atoms with Crippen molar-refractivity contribution in [3.63, 3.8) is 0 Å². The minimum Gasteiger partial charge on any atom is -0.497 e. The maximum absolute atomic E-state index is 12.9. The highest BCUT2D eigenvalue weighted by Crippen LogP contribution is 2.30. The Kier molecular flexibility index (Phi) is 5.35. The monoisotopic (exact) mass is 405 g/mol. The van der Waals surface area contributed by atoms with Gasteiger partial charge in [-0.1, -0.05) is 12.1 Å². The van der Waals surface area contributed by atoms with Crippen LogP contribution in [0.15, 0.2) is 61.2 Å². The average molecular weight is 405 g/mol. The van der Waals surface area contributed by atoms with Crippen LogP contribution >= 0.6 is 11.3 Å². The summed E-state index contributed by atoms with van der Waals surface area (Å²) in [6.45, 7) is 2.53. The van der Waals surface area contributed by atoms with Crippen LogP contribution in [0, 0.1) is 6.92 Å². The van der Waals surface area contributed by atoms with Gasteiger partial charge in [-0.3, -0.25) is 4.79 Å². The van der Waals surface area contributed by atoms with Gasteiger partial charge in [-0.2, -0.15) is 5.10 Å². The molecule has 1 N–H and O–H groups in total. The van der Waals surface area contributed by atoms with Gasteiger partial charge in [-0.15, -0.1) is 11.3 Å². The number of thiazole rings is 1. The Labute approximate surface area is 172 Å². The zero-order valence-electron chi connectivity index (χ0n) is 16.0. The van der Waals surface area contributed by atoms with E-state index in [0.29, 0.717) is 17.1 Å². The van der Waals surface area contributed by atoms with Gasteiger partial charge in [0.25, 0.3) is 5.91 Å². The summed E-state index contributed by atoms with van der Waals surface area (Å²) in [5.74, 6) is 0.586. The van der Waals surface area contributed by atoms with E-state index in [9.17, 15) is 4.79 Å². The normalized spacial score (nSPS) is 10.7. The number of hydrogen-bond donors (Lipinski definition) is 1. The summed E-state index contributed by atoms with van der Waals surface area (Å²) in [5.41, 5.74) is 3.35. The molecule has 2 aromatic carbocycles. The summed E-state index contributed by atoms with van der Waals surface area (Å²) in [4.78, 5) is 22.0. The molecule has 4 rings (SSSR count). The zero-order valence-corrected chi connectivity index (χ0v) is 16.8. The number of anilines is 1. The van der Waals surface area contributed by atoms with Gasteiger partial charge in [-0.25, -0.2) is 14.6 Å². The lowest BCUT2D eigenvalue weighted by molar-refractivity contribution is 0.103. The number of hydrogen-bond acceptors (Lipinski definition) is 6. The number of carbonyl (C=O) groups excluding carboxylic acids is 1. The Morgan fingerprint density at radius 2 is 1.90 bits per heavy atom. The fraction of sp³-hybridized carbons (Fsp3) is 0.143. The van der Waals surface area contributed by atoms with Gasteiger partial charge in [0.05, 0.1) is 24.4 Å². The van der Waals surface area contributed by atoms with Gasteiger partial charge < -0.3 is 10.1 Å². The molecular formula is C21H19N5O2S. The second kappa shape index (κ2) is 8.24. The number of nitrogens with one attached hydrogen (secondary N) is 1. The molecule has 4 aromatic rings. The molecule has 2 aromatic heterocycles. The van der Waals surface area contributed by atoms with E-state index in [1.165, 1.54) is 17.7 Å². The van der Waals surface area contributed by atoms with Gasteiger partial charge in [0.1, 0.15) is 23.3 Å². The van der Waals surface area contributed by atoms with E-state index >= 15 is 0 Å². The number of nitrogens with zero attached hydrogens (tertiary/aromatic N) is 4. The van der Waals surface area contributed by atoms with Crippen molar-refractivity contribution in [1.82, 2.24) is 19.7 Å². The number of carbonyl (C=O) groups is 1. The van der Waals surface area contributed by atoms with E-state index in [-0.39, 0.29) is 5.91 Å². The number of amides is 1. The third-order valence-corrected chi connectivity index (χ3v) is 5.30. The highest BCUT2D eigenvalue weighted by Gasteiger charge is 2.18. The molecule has 1 amide bonds. The minimum atomic E-state index is -0.176. The van der Waals surface area contributed by atoms with Crippen LogP contribution in [0.25, 0.3) is 11.3 Å². The largest absolute Gasteiger partial charge is 0.497 e. The third-order valence-electron chi connectivity index (χ3n) is 4.33. The topological polar surface area (TPSA) is 81.9 Å². The van der Waals surface area contributed by atoms with Crippen LogP contribution in [0.4, 0.5) is 5.69 Å². The number of rotatable bonds is 6. The second-order valence-electron chi connectivity index (χ2n) is 6.38. The van der Waals surface area contributed by atoms with E-state index in [2.05, 4.69) is 20.4 Å². The minimum absolute atomic E-state index is 0.176. The van der Waals surface area contributed by atoms with Crippen molar-refractivity contribution in [2.45, 2.75) is 13.5 Å². The highest BCUT2D eigenvalue weighted by molar-refractivity contribution is 7.14. The fourth-order valence-corrected chi connectivity index (χ4v) is 3.74. The molecule has 0 radical (unpaired) electrons. The SMILES string of the molecule is COc1ccc(-c2nc(C)sc2C(=O)Nc2ccc(Cn3cncn3)cc2)cc1. The lowest BCUT2D eigenvalue weighted by atomic mass is 10.1. The average Bonchev–Trinajstić information content (AvgIpc) is 3.39. The van der Waals surface area contributed by atoms with Crippen molar-refractivity contribution in [2.75, 3.05) is 12.4 Å². The summed E-state index contributed by atoms with van der Waals surface area (Å²) in [6.07, 6.45) is 3.18. The predicted octanol–water partition coefficient (Wildman–Crippen LogP) is 4.02. The fourth-order valence-electron chi connectivity index (χ4n) is 2.91. The molecule has 29 heavy (non-hydrogen) atoms. The third kappa shape index (κ3) is 4.33. The van der Waals surface area contributed by atoms with Crippen molar-refractivity contribution in [3.8, 4) is 17.0 Å². The molecular weight excluding hydrogens is 386 g/mol. The number of benzene rings is 2. The van der Waals surface area contributed by atoms with E-state index in [0.717, 1.165) is 27.6 Å². The number of aryl methyl sites for hydroxylation is 1. The Morgan fingerprint density at radius 1 is 1.14 bits per heavy atom. The van der Waals surface area contributed by atoms with Gasteiger partial charge in [0.15, 0.2) is 0 Å². The second-order valence-corrected chi connectivity index (χ2v) is 7.59. The summed E-state index contributed by atoms with van der Waals surface area (Å²) in [7, 11) is 1.62. The highest BCUT2D eigenvalue weighted by atomic mass is 32.1. The first-order chi connectivity index (χ1) is 14.1. The molecule has 0 aliphatic heterocycles. The molecule has 0 spiro atoms. The summed E-state index contributed by atoms with van der Waals surface area (Å²) >= 11 is 1.38. The maximum atomic E-state index is 12.9. The molecule has 0 unspecified atom stereocenters. The summed E-state index contributed by atoms with van der Waals surface area (Å²) < 4.78 is 6.95. The molecule has 0 aliphatic rings. The van der Waals surface area contributed by atoms with Crippen molar-refractivity contribution in [3.05, 3.63) is 76.6 Å². The molecule has 7 nitrogen and oxygen atoms in total. The first-order valence-corrected chi connectivity index (χ1v) is 9.78. The van der Waals surface area contributed by atoms with E-state index < -0.39 is 0 Å². The zero-order chi connectivity index (χ0) is 20.2. The van der Waals surface area contributed by atoms with Crippen LogP contribution in [0.3, 0.4) is 0 Å². The van der Waals surface area contributed by atoms with Crippen LogP contribution in [0.2, 0.25) is 0 Å². The lowest BCUT2D eigenvalue weighted by Gasteiger charge is -2.07. The van der Waals surface area contributed by atoms with Crippen LogP contribution < -0.4 is 10.1 Å². The first-order valence-electron chi connectivity index (χ1n) is 8.97. The Balaban J connectivity index is 1.51. The van der Waals surface area contributed by atoms with Crippen LogP contribution in [-0.2, 0) is 6.54 Å². The standard InChI is InChI=1S/C21H19N5O2S/c1-14-24-19(16-5-9-18(28-2)10-6-16)20(29-14)21(27)25-17-7-3-15(4-8-17)11-26-13-22-12-23-26/h3-10,12-13H,11H2,1-2H3,(H,25,27). The van der Waals surface area contributed by atoms with E-state index in [4.69, 9.17) is 4.74 Å². The van der Waals surface area contributed by atoms with Gasteiger partial charge in [-0.05, 0) is 48.9 Å². The number of methoxy groups -OCH3 is 1.